The average Bonchev–Trinajstić information content (AvgIpc) is 3.85. The summed E-state index contributed by atoms with van der Waals surface area (Å²) in [6, 6.07) is 57.7. The fraction of sp³-hybridized carbons (Fsp3) is 0.0213. The zero-order valence-corrected chi connectivity index (χ0v) is 29.6. The van der Waals surface area contributed by atoms with Crippen LogP contribution in [-0.2, 0) is 0 Å². The van der Waals surface area contributed by atoms with Crippen LogP contribution in [0.15, 0.2) is 170 Å². The normalized spacial score (nSPS) is 11.7. The Morgan fingerprint density at radius 1 is 0.490 bits per heavy atom. The molecule has 0 N–H and O–H groups in total. The number of nitrogens with zero attached hydrogens (tertiary/aromatic N) is 2. The summed E-state index contributed by atoms with van der Waals surface area (Å²) in [4.78, 5) is 2.35. The largest absolute Gasteiger partial charge is 0.310 e. The molecular weight excluding hydrogens is 657 g/mol. The van der Waals surface area contributed by atoms with E-state index in [4.69, 9.17) is 0 Å². The minimum absolute atomic E-state index is 1.15. The van der Waals surface area contributed by atoms with Crippen LogP contribution in [0.25, 0.3) is 78.6 Å². The third-order valence-corrected chi connectivity index (χ3v) is 12.2. The Morgan fingerprint density at radius 2 is 0.980 bits per heavy atom. The van der Waals surface area contributed by atoms with E-state index in [9.17, 15) is 0 Å². The minimum atomic E-state index is 1.15. The van der Waals surface area contributed by atoms with Crippen LogP contribution in [-0.4, -0.2) is 4.57 Å². The number of para-hydroxylation sites is 3. The van der Waals surface area contributed by atoms with Gasteiger partial charge in [0, 0.05) is 64.5 Å². The van der Waals surface area contributed by atoms with Crippen LogP contribution in [0.5, 0.6) is 0 Å². The molecule has 0 saturated heterocycles. The second-order valence-corrected chi connectivity index (χ2v) is 15.0. The van der Waals surface area contributed by atoms with Gasteiger partial charge in [0.15, 0.2) is 0 Å². The Hall–Kier alpha value is -5.94. The lowest BCUT2D eigenvalue weighted by atomic mass is 9.98. The molecule has 0 unspecified atom stereocenters. The van der Waals surface area contributed by atoms with Crippen LogP contribution in [0.3, 0.4) is 0 Å². The number of rotatable bonds is 4. The number of allylic oxidation sites excluding steroid dienone is 1. The molecule has 242 valence electrons. The summed E-state index contributed by atoms with van der Waals surface area (Å²) >= 11 is 3.84. The molecule has 0 bridgehead atoms. The van der Waals surface area contributed by atoms with E-state index in [-0.39, 0.29) is 0 Å². The lowest BCUT2D eigenvalue weighted by Crippen LogP contribution is -2.09. The standard InChI is InChI=1S/C44H26N2S2.C3H6/c1-4-12-29(13-5-1)45(30-14-6-2-7-15-30)32-22-23-34-36-25-28-21-20-27-24-35-33-18-10-11-19-37(33)47-43(35)41-39(27)40(28)42(44(36)48-38(34)26-32)46(41)31-16-8-3-9-17-31;1-3-2/h1-26H;3H,1H2,2H3. The van der Waals surface area contributed by atoms with Gasteiger partial charge < -0.3 is 9.47 Å². The van der Waals surface area contributed by atoms with E-state index in [1.807, 2.05) is 29.6 Å². The van der Waals surface area contributed by atoms with E-state index in [1.54, 1.807) is 6.08 Å². The van der Waals surface area contributed by atoms with Crippen molar-refractivity contribution in [1.82, 2.24) is 4.57 Å². The molecule has 11 rings (SSSR count). The molecule has 0 amide bonds. The van der Waals surface area contributed by atoms with E-state index >= 15 is 0 Å². The van der Waals surface area contributed by atoms with Gasteiger partial charge in [-0.3, -0.25) is 0 Å². The lowest BCUT2D eigenvalue weighted by molar-refractivity contribution is 1.20. The summed E-state index contributed by atoms with van der Waals surface area (Å²) < 4.78 is 7.89. The van der Waals surface area contributed by atoms with Crippen LogP contribution in [0.2, 0.25) is 0 Å². The van der Waals surface area contributed by atoms with Crippen molar-refractivity contribution in [2.24, 2.45) is 0 Å². The predicted octanol–water partition coefficient (Wildman–Crippen LogP) is 14.8. The third kappa shape index (κ3) is 4.54. The number of thiophene rings is 2. The fourth-order valence-corrected chi connectivity index (χ4v) is 10.3. The van der Waals surface area contributed by atoms with Crippen molar-refractivity contribution in [3.05, 3.63) is 170 Å². The summed E-state index contributed by atoms with van der Waals surface area (Å²) in [6.45, 7) is 5.25. The van der Waals surface area contributed by atoms with Crippen LogP contribution < -0.4 is 4.90 Å². The molecule has 2 nitrogen and oxygen atoms in total. The molecule has 3 heterocycles. The Bertz CT molecular complexity index is 3000. The highest BCUT2D eigenvalue weighted by molar-refractivity contribution is 7.27. The summed E-state index contributed by atoms with van der Waals surface area (Å²) in [7, 11) is 0. The molecule has 51 heavy (non-hydrogen) atoms. The summed E-state index contributed by atoms with van der Waals surface area (Å²) in [6.07, 6.45) is 1.75. The van der Waals surface area contributed by atoms with Crippen LogP contribution in [0.1, 0.15) is 6.92 Å². The van der Waals surface area contributed by atoms with Gasteiger partial charge in [-0.1, -0.05) is 97.1 Å². The van der Waals surface area contributed by atoms with E-state index in [0.717, 1.165) is 17.1 Å². The van der Waals surface area contributed by atoms with E-state index in [0.29, 0.717) is 0 Å². The lowest BCUT2D eigenvalue weighted by Gasteiger charge is -2.25. The van der Waals surface area contributed by atoms with Crippen molar-refractivity contribution < 1.29 is 0 Å². The SMILES string of the molecule is C=CC.c1ccc(N(c2ccccc2)c2ccc3c(c2)sc2c3cc3ccc4cc5c6ccccc6sc5c5c4c3c2n5-c2ccccc2)cc1. The summed E-state index contributed by atoms with van der Waals surface area (Å²) in [5.41, 5.74) is 7.28. The van der Waals surface area contributed by atoms with Gasteiger partial charge in [-0.2, -0.15) is 0 Å². The van der Waals surface area contributed by atoms with Gasteiger partial charge in [-0.05, 0) is 84.4 Å². The van der Waals surface area contributed by atoms with Crippen molar-refractivity contribution in [3.63, 3.8) is 0 Å². The first kappa shape index (κ1) is 29.9. The maximum Gasteiger partial charge on any atom is 0.0726 e. The zero-order chi connectivity index (χ0) is 34.1. The molecule has 4 heteroatoms. The third-order valence-electron chi connectivity index (χ3n) is 9.87. The van der Waals surface area contributed by atoms with Crippen molar-refractivity contribution in [3.8, 4) is 5.69 Å². The molecule has 8 aromatic carbocycles. The summed E-state index contributed by atoms with van der Waals surface area (Å²) in [5, 5.41) is 10.6. The second-order valence-electron chi connectivity index (χ2n) is 12.9. The second kappa shape index (κ2) is 11.8. The van der Waals surface area contributed by atoms with Crippen molar-refractivity contribution >= 4 is 113 Å². The molecule has 0 fully saturated rings. The molecule has 0 aliphatic rings. The first-order chi connectivity index (χ1) is 25.2. The highest BCUT2D eigenvalue weighted by Crippen LogP contribution is 2.51. The number of aromatic nitrogens is 1. The predicted molar refractivity (Wildman–Crippen MR) is 226 cm³/mol. The monoisotopic (exact) mass is 688 g/mol. The van der Waals surface area contributed by atoms with Gasteiger partial charge >= 0.3 is 0 Å². The van der Waals surface area contributed by atoms with Crippen LogP contribution in [0, 0.1) is 0 Å². The number of benzene rings is 8. The molecule has 0 radical (unpaired) electrons. The Morgan fingerprint density at radius 3 is 1.57 bits per heavy atom. The molecule has 3 aromatic heterocycles. The first-order valence-electron chi connectivity index (χ1n) is 17.3. The molecule has 0 atom stereocenters. The Labute approximate surface area is 303 Å². The van der Waals surface area contributed by atoms with Crippen molar-refractivity contribution in [2.45, 2.75) is 6.92 Å². The van der Waals surface area contributed by atoms with Gasteiger partial charge in [0.1, 0.15) is 0 Å². The van der Waals surface area contributed by atoms with Gasteiger partial charge in [0.2, 0.25) is 0 Å². The number of hydrogen-bond donors (Lipinski definition) is 0. The molecule has 0 spiro atoms. The van der Waals surface area contributed by atoms with Gasteiger partial charge in [-0.15, -0.1) is 29.3 Å². The van der Waals surface area contributed by atoms with Crippen LogP contribution in [0.4, 0.5) is 17.1 Å². The van der Waals surface area contributed by atoms with E-state index in [2.05, 4.69) is 174 Å². The van der Waals surface area contributed by atoms with Crippen LogP contribution >= 0.6 is 22.7 Å². The Balaban J connectivity index is 0.00000106. The molecule has 0 saturated carbocycles. The molecule has 0 aliphatic heterocycles. The maximum absolute atomic E-state index is 3.36. The Kier molecular flexibility index (Phi) is 6.95. The fourth-order valence-electron chi connectivity index (χ4n) is 7.85. The number of fused-ring (bicyclic) bond motifs is 8. The topological polar surface area (TPSA) is 8.17 Å². The summed E-state index contributed by atoms with van der Waals surface area (Å²) in [5.74, 6) is 0. The first-order valence-corrected chi connectivity index (χ1v) is 18.9. The number of hydrogen-bond acceptors (Lipinski definition) is 3. The quantitative estimate of drug-likeness (QED) is 0.132. The average molecular weight is 689 g/mol. The zero-order valence-electron chi connectivity index (χ0n) is 28.0. The van der Waals surface area contributed by atoms with Gasteiger partial charge in [0.05, 0.1) is 20.4 Å². The smallest absolute Gasteiger partial charge is 0.0726 e. The van der Waals surface area contributed by atoms with Crippen molar-refractivity contribution in [2.75, 3.05) is 4.90 Å². The van der Waals surface area contributed by atoms with Crippen molar-refractivity contribution in [1.29, 1.82) is 0 Å². The maximum atomic E-state index is 3.36. The molecular formula is C47H32N2S2. The molecule has 11 aromatic rings. The minimum Gasteiger partial charge on any atom is -0.310 e. The van der Waals surface area contributed by atoms with E-state index in [1.165, 1.54) is 78.6 Å². The highest BCUT2D eigenvalue weighted by atomic mass is 32.1. The van der Waals surface area contributed by atoms with E-state index < -0.39 is 0 Å². The van der Waals surface area contributed by atoms with Gasteiger partial charge in [0.25, 0.3) is 0 Å². The highest BCUT2D eigenvalue weighted by Gasteiger charge is 2.25. The molecule has 0 aliphatic carbocycles. The van der Waals surface area contributed by atoms with Gasteiger partial charge in [-0.25, -0.2) is 0 Å². The number of anilines is 3.